The maximum Gasteiger partial charge on any atom is 0.0141 e. The van der Waals surface area contributed by atoms with Crippen LogP contribution in [0.4, 0.5) is 0 Å². The minimum Gasteiger partial charge on any atom is -0.303 e. The maximum atomic E-state index is 2.57. The van der Waals surface area contributed by atoms with Gasteiger partial charge in [0.1, 0.15) is 0 Å². The van der Waals surface area contributed by atoms with Gasteiger partial charge in [-0.3, -0.25) is 0 Å². The number of likely N-dealkylation sites (N-methyl/N-ethyl adjacent to an activating group) is 1. The van der Waals surface area contributed by atoms with E-state index in [0.717, 1.165) is 6.04 Å². The number of hydrogen-bond donors (Lipinski definition) is 0. The first-order valence-electron chi connectivity index (χ1n) is 7.23. The third kappa shape index (κ3) is 1.56. The van der Waals surface area contributed by atoms with Crippen molar-refractivity contribution in [1.82, 2.24) is 4.90 Å². The zero-order valence-electron chi connectivity index (χ0n) is 12.2. The summed E-state index contributed by atoms with van der Waals surface area (Å²) in [6.07, 6.45) is 3.88. The van der Waals surface area contributed by atoms with Crippen molar-refractivity contribution in [3.63, 3.8) is 0 Å². The lowest BCUT2D eigenvalue weighted by Gasteiger charge is -2.56. The van der Waals surface area contributed by atoms with Gasteiger partial charge < -0.3 is 4.90 Å². The van der Waals surface area contributed by atoms with Crippen LogP contribution in [0.3, 0.4) is 0 Å². The molecule has 1 aliphatic carbocycles. The second-order valence-electron chi connectivity index (χ2n) is 7.28. The van der Waals surface area contributed by atoms with Gasteiger partial charge in [-0.05, 0) is 49.4 Å². The van der Waals surface area contributed by atoms with Gasteiger partial charge in [0.05, 0.1) is 0 Å². The van der Waals surface area contributed by atoms with Gasteiger partial charge in [-0.2, -0.15) is 0 Å². The molecule has 0 amide bonds. The molecule has 1 heterocycles. The standard InChI is InChI=1S/C17H25N/c1-16(2,3)17-9-10-18(4)14(12-17)11-13-7-5-6-8-15(13)17/h5-8,14H,9-12H2,1-4H3/t14-,17-/m1/s1. The van der Waals surface area contributed by atoms with Crippen LogP contribution in [-0.4, -0.2) is 24.5 Å². The molecule has 0 aromatic heterocycles. The lowest BCUT2D eigenvalue weighted by atomic mass is 9.53. The van der Waals surface area contributed by atoms with E-state index < -0.39 is 0 Å². The van der Waals surface area contributed by atoms with Crippen molar-refractivity contribution in [2.24, 2.45) is 5.41 Å². The van der Waals surface area contributed by atoms with E-state index in [4.69, 9.17) is 0 Å². The van der Waals surface area contributed by atoms with Crippen LogP contribution in [0.15, 0.2) is 24.3 Å². The number of hydrogen-bond acceptors (Lipinski definition) is 1. The van der Waals surface area contributed by atoms with Crippen molar-refractivity contribution >= 4 is 0 Å². The Hall–Kier alpha value is -0.820. The molecule has 1 heteroatoms. The molecule has 2 bridgehead atoms. The van der Waals surface area contributed by atoms with Gasteiger partial charge in [-0.25, -0.2) is 0 Å². The quantitative estimate of drug-likeness (QED) is 0.672. The van der Waals surface area contributed by atoms with Crippen LogP contribution in [0.2, 0.25) is 0 Å². The van der Waals surface area contributed by atoms with Gasteiger partial charge >= 0.3 is 0 Å². The monoisotopic (exact) mass is 243 g/mol. The topological polar surface area (TPSA) is 3.24 Å². The minimum absolute atomic E-state index is 0.350. The van der Waals surface area contributed by atoms with Gasteiger partial charge in [0.25, 0.3) is 0 Å². The molecule has 0 radical (unpaired) electrons. The van der Waals surface area contributed by atoms with Gasteiger partial charge in [-0.15, -0.1) is 0 Å². The molecule has 1 aromatic carbocycles. The van der Waals surface area contributed by atoms with Crippen molar-refractivity contribution in [3.8, 4) is 0 Å². The van der Waals surface area contributed by atoms with Gasteiger partial charge in [0.2, 0.25) is 0 Å². The number of nitrogens with zero attached hydrogens (tertiary/aromatic N) is 1. The predicted molar refractivity (Wildman–Crippen MR) is 76.9 cm³/mol. The van der Waals surface area contributed by atoms with Crippen LogP contribution in [-0.2, 0) is 11.8 Å². The Morgan fingerprint density at radius 3 is 2.67 bits per heavy atom. The summed E-state index contributed by atoms with van der Waals surface area (Å²) in [7, 11) is 2.30. The Kier molecular flexibility index (Phi) is 2.60. The fourth-order valence-electron chi connectivity index (χ4n) is 4.19. The predicted octanol–water partition coefficient (Wildman–Crippen LogP) is 3.62. The van der Waals surface area contributed by atoms with E-state index in [9.17, 15) is 0 Å². The van der Waals surface area contributed by atoms with E-state index in [1.807, 2.05) is 0 Å². The molecule has 1 nitrogen and oxygen atoms in total. The summed E-state index contributed by atoms with van der Waals surface area (Å²) in [6, 6.07) is 9.91. The Morgan fingerprint density at radius 1 is 1.22 bits per heavy atom. The van der Waals surface area contributed by atoms with E-state index in [0.29, 0.717) is 10.8 Å². The largest absolute Gasteiger partial charge is 0.303 e. The van der Waals surface area contributed by atoms with Crippen molar-refractivity contribution in [1.29, 1.82) is 0 Å². The fraction of sp³-hybridized carbons (Fsp3) is 0.647. The highest BCUT2D eigenvalue weighted by atomic mass is 15.1. The van der Waals surface area contributed by atoms with Crippen molar-refractivity contribution in [2.75, 3.05) is 13.6 Å². The summed E-state index contributed by atoms with van der Waals surface area (Å²) in [6.45, 7) is 8.53. The minimum atomic E-state index is 0.350. The first kappa shape index (κ1) is 12.2. The third-order valence-corrected chi connectivity index (χ3v) is 5.52. The molecule has 1 fully saturated rings. The summed E-state index contributed by atoms with van der Waals surface area (Å²) in [5.74, 6) is 0. The molecule has 0 N–H and O–H groups in total. The average molecular weight is 243 g/mol. The van der Waals surface area contributed by atoms with E-state index in [-0.39, 0.29) is 0 Å². The molecule has 0 unspecified atom stereocenters. The molecule has 2 aliphatic rings. The second kappa shape index (κ2) is 3.84. The zero-order chi connectivity index (χ0) is 13.0. The smallest absolute Gasteiger partial charge is 0.0141 e. The van der Waals surface area contributed by atoms with E-state index in [1.165, 1.54) is 25.8 Å². The lowest BCUT2D eigenvalue weighted by Crippen LogP contribution is -2.56. The number of fused-ring (bicyclic) bond motifs is 4. The lowest BCUT2D eigenvalue weighted by molar-refractivity contribution is 0.0342. The molecule has 0 saturated carbocycles. The first-order chi connectivity index (χ1) is 8.44. The van der Waals surface area contributed by atoms with Crippen LogP contribution < -0.4 is 0 Å². The summed E-state index contributed by atoms with van der Waals surface area (Å²) < 4.78 is 0. The van der Waals surface area contributed by atoms with Gasteiger partial charge in [-0.1, -0.05) is 45.0 Å². The number of likely N-dealkylation sites (tertiary alicyclic amines) is 1. The van der Waals surface area contributed by atoms with Crippen molar-refractivity contribution < 1.29 is 0 Å². The third-order valence-electron chi connectivity index (χ3n) is 5.52. The number of rotatable bonds is 0. The Labute approximate surface area is 111 Å². The van der Waals surface area contributed by atoms with Crippen molar-refractivity contribution in [3.05, 3.63) is 35.4 Å². The second-order valence-corrected chi connectivity index (χ2v) is 7.28. The van der Waals surface area contributed by atoms with Crippen LogP contribution in [0.5, 0.6) is 0 Å². The molecule has 1 aromatic rings. The normalized spacial score (nSPS) is 32.1. The summed E-state index contributed by atoms with van der Waals surface area (Å²) in [4.78, 5) is 2.57. The van der Waals surface area contributed by atoms with Crippen LogP contribution in [0.25, 0.3) is 0 Å². The van der Waals surface area contributed by atoms with E-state index >= 15 is 0 Å². The molecule has 1 aliphatic heterocycles. The average Bonchev–Trinajstić information content (AvgIpc) is 2.32. The number of benzene rings is 1. The number of piperidine rings is 1. The molecular weight excluding hydrogens is 218 g/mol. The van der Waals surface area contributed by atoms with Crippen molar-refractivity contribution in [2.45, 2.75) is 51.5 Å². The highest BCUT2D eigenvalue weighted by Crippen LogP contribution is 2.54. The summed E-state index contributed by atoms with van der Waals surface area (Å²) in [5, 5.41) is 0. The molecule has 3 rings (SSSR count). The molecule has 18 heavy (non-hydrogen) atoms. The molecule has 98 valence electrons. The molecule has 1 saturated heterocycles. The van der Waals surface area contributed by atoms with E-state index in [1.54, 1.807) is 11.1 Å². The van der Waals surface area contributed by atoms with Gasteiger partial charge in [0, 0.05) is 11.5 Å². The molecule has 2 atom stereocenters. The van der Waals surface area contributed by atoms with Crippen LogP contribution >= 0.6 is 0 Å². The zero-order valence-corrected chi connectivity index (χ0v) is 12.2. The highest BCUT2D eigenvalue weighted by Gasteiger charge is 2.50. The maximum absolute atomic E-state index is 2.57. The Morgan fingerprint density at radius 2 is 1.94 bits per heavy atom. The van der Waals surface area contributed by atoms with Crippen LogP contribution in [0.1, 0.15) is 44.7 Å². The Bertz CT molecular complexity index is 457. The first-order valence-corrected chi connectivity index (χ1v) is 7.23. The SMILES string of the molecule is CN1CC[C@@]2(C(C)(C)C)C[C@H]1Cc1ccccc12. The fourth-order valence-corrected chi connectivity index (χ4v) is 4.19. The van der Waals surface area contributed by atoms with Crippen LogP contribution in [0, 0.1) is 5.41 Å². The molecule has 0 spiro atoms. The Balaban J connectivity index is 2.17. The highest BCUT2D eigenvalue weighted by molar-refractivity contribution is 5.40. The molecular formula is C17H25N. The van der Waals surface area contributed by atoms with Gasteiger partial charge in [0.15, 0.2) is 0 Å². The summed E-state index contributed by atoms with van der Waals surface area (Å²) in [5.41, 5.74) is 3.97. The van der Waals surface area contributed by atoms with E-state index in [2.05, 4.69) is 57.0 Å². The summed E-state index contributed by atoms with van der Waals surface area (Å²) >= 11 is 0.